The average molecular weight is 541 g/mol. The molecule has 2 saturated heterocycles. The van der Waals surface area contributed by atoms with Crippen LogP contribution in [0.3, 0.4) is 0 Å². The molecule has 1 unspecified atom stereocenters. The smallest absolute Gasteiger partial charge is 0.254 e. The number of nitrogens with zero attached hydrogens (tertiary/aromatic N) is 3. The zero-order valence-corrected chi connectivity index (χ0v) is 22.1. The second-order valence-electron chi connectivity index (χ2n) is 10.0. The molecule has 2 fully saturated rings. The summed E-state index contributed by atoms with van der Waals surface area (Å²) in [6.45, 7) is 5.54. The molecule has 6 nitrogen and oxygen atoms in total. The minimum atomic E-state index is -0.911. The van der Waals surface area contributed by atoms with Gasteiger partial charge in [0, 0.05) is 42.0 Å². The highest BCUT2D eigenvalue weighted by Crippen LogP contribution is 2.35. The van der Waals surface area contributed by atoms with Crippen molar-refractivity contribution in [3.05, 3.63) is 76.4 Å². The van der Waals surface area contributed by atoms with Gasteiger partial charge in [0.05, 0.1) is 5.02 Å². The zero-order chi connectivity index (χ0) is 26.8. The fraction of sp³-hybridized carbons (Fsp3) is 0.379. The predicted molar refractivity (Wildman–Crippen MR) is 144 cm³/mol. The molecule has 1 amide bonds. The van der Waals surface area contributed by atoms with Gasteiger partial charge in [0.15, 0.2) is 11.6 Å². The van der Waals surface area contributed by atoms with Gasteiger partial charge >= 0.3 is 0 Å². The largest absolute Gasteiger partial charge is 0.482 e. The van der Waals surface area contributed by atoms with E-state index in [-0.39, 0.29) is 34.1 Å². The fourth-order valence-electron chi connectivity index (χ4n) is 5.40. The zero-order valence-electron chi connectivity index (χ0n) is 21.3. The molecule has 2 aliphatic heterocycles. The van der Waals surface area contributed by atoms with Gasteiger partial charge in [-0.1, -0.05) is 23.7 Å². The number of carbonyl (C=O) groups excluding carboxylic acids is 1. The first-order valence-corrected chi connectivity index (χ1v) is 13.4. The van der Waals surface area contributed by atoms with Crippen molar-refractivity contribution in [2.45, 2.75) is 44.8 Å². The molecule has 1 aromatic heterocycles. The van der Waals surface area contributed by atoms with Crippen LogP contribution in [0, 0.1) is 11.6 Å². The summed E-state index contributed by atoms with van der Waals surface area (Å²) in [7, 11) is 0. The lowest BCUT2D eigenvalue weighted by Crippen LogP contribution is -2.42. The van der Waals surface area contributed by atoms with E-state index in [1.165, 1.54) is 12.8 Å². The van der Waals surface area contributed by atoms with Crippen molar-refractivity contribution in [1.29, 1.82) is 0 Å². The highest BCUT2D eigenvalue weighted by molar-refractivity contribution is 6.31. The lowest BCUT2D eigenvalue weighted by Gasteiger charge is -2.28. The molecular weight excluding hydrogens is 510 g/mol. The molecule has 3 aromatic rings. The van der Waals surface area contributed by atoms with E-state index in [0.29, 0.717) is 11.1 Å². The van der Waals surface area contributed by atoms with Crippen molar-refractivity contribution in [2.75, 3.05) is 31.9 Å². The Kier molecular flexibility index (Phi) is 7.81. The van der Waals surface area contributed by atoms with Gasteiger partial charge in [0.2, 0.25) is 0 Å². The lowest BCUT2D eigenvalue weighted by atomic mass is 10.0. The van der Waals surface area contributed by atoms with Crippen LogP contribution in [0.2, 0.25) is 5.02 Å². The summed E-state index contributed by atoms with van der Waals surface area (Å²) in [6.07, 6.45) is 5.25. The second-order valence-corrected chi connectivity index (χ2v) is 10.4. The Labute approximate surface area is 226 Å². The van der Waals surface area contributed by atoms with Crippen molar-refractivity contribution < 1.29 is 18.3 Å². The van der Waals surface area contributed by atoms with E-state index in [2.05, 4.69) is 9.88 Å². The van der Waals surface area contributed by atoms with Gasteiger partial charge in [0.25, 0.3) is 5.91 Å². The number of pyridine rings is 1. The quantitative estimate of drug-likeness (QED) is 0.366. The predicted octanol–water partition coefficient (Wildman–Crippen LogP) is 6.10. The van der Waals surface area contributed by atoms with E-state index >= 15 is 0 Å². The molecule has 3 heterocycles. The number of aromatic nitrogens is 1. The van der Waals surface area contributed by atoms with Crippen molar-refractivity contribution in [2.24, 2.45) is 0 Å². The van der Waals surface area contributed by atoms with Gasteiger partial charge in [0.1, 0.15) is 17.7 Å². The molecule has 0 saturated carbocycles. The summed E-state index contributed by atoms with van der Waals surface area (Å²) < 4.78 is 34.1. The van der Waals surface area contributed by atoms with Crippen LogP contribution in [0.15, 0.2) is 48.7 Å². The Balaban J connectivity index is 1.31. The minimum absolute atomic E-state index is 0.0560. The maximum atomic E-state index is 14.4. The number of amides is 1. The third kappa shape index (κ3) is 5.47. The van der Waals surface area contributed by atoms with E-state index in [9.17, 15) is 13.6 Å². The van der Waals surface area contributed by atoms with E-state index in [1.807, 2.05) is 29.2 Å². The van der Waals surface area contributed by atoms with Crippen molar-refractivity contribution >= 4 is 23.3 Å². The number of nitrogens with two attached hydrogens (primary N) is 1. The number of hydrogen-bond acceptors (Lipinski definition) is 5. The molecule has 38 heavy (non-hydrogen) atoms. The van der Waals surface area contributed by atoms with Crippen LogP contribution in [-0.2, 0) is 0 Å². The van der Waals surface area contributed by atoms with Crippen LogP contribution in [0.1, 0.15) is 54.6 Å². The highest BCUT2D eigenvalue weighted by Gasteiger charge is 2.31. The van der Waals surface area contributed by atoms with Crippen LogP contribution in [0.4, 0.5) is 14.6 Å². The summed E-state index contributed by atoms with van der Waals surface area (Å²) >= 11 is 5.99. The maximum absolute atomic E-state index is 14.4. The molecule has 9 heteroatoms. The molecule has 200 valence electrons. The van der Waals surface area contributed by atoms with Gasteiger partial charge in [-0.2, -0.15) is 0 Å². The average Bonchev–Trinajstić information content (AvgIpc) is 3.60. The molecule has 0 aliphatic carbocycles. The molecule has 2 aromatic carbocycles. The highest BCUT2D eigenvalue weighted by atomic mass is 35.5. The number of ether oxygens (including phenoxy) is 1. The molecule has 0 spiro atoms. The van der Waals surface area contributed by atoms with E-state index in [4.69, 9.17) is 22.1 Å². The Morgan fingerprint density at radius 3 is 2.53 bits per heavy atom. The Hall–Kier alpha value is -3.23. The van der Waals surface area contributed by atoms with Crippen LogP contribution >= 0.6 is 11.6 Å². The van der Waals surface area contributed by atoms with Crippen LogP contribution in [-0.4, -0.2) is 52.9 Å². The number of benzene rings is 2. The summed E-state index contributed by atoms with van der Waals surface area (Å²) in [5.74, 6) is -1.02. The van der Waals surface area contributed by atoms with Crippen molar-refractivity contribution in [3.63, 3.8) is 0 Å². The minimum Gasteiger partial charge on any atom is -0.482 e. The molecule has 5 rings (SSSR count). The third-order valence-electron chi connectivity index (χ3n) is 7.44. The summed E-state index contributed by atoms with van der Waals surface area (Å²) in [4.78, 5) is 22.0. The maximum Gasteiger partial charge on any atom is 0.254 e. The standard InChI is InChI=1S/C29H31ClF2N4O2/c1-18(26-23(31)10-11-24(32)27(26)30)38-25-15-21(16-34-28(25)33)19-6-8-20(9-7-19)29(37)36-14-4-5-22(36)17-35-12-2-3-13-35/h6-11,15-16,18,22H,2-5,12-14,17H2,1H3,(H2,33,34)/t18?,22-/m0/s1. The number of hydrogen-bond donors (Lipinski definition) is 1. The van der Waals surface area contributed by atoms with Crippen LogP contribution in [0.5, 0.6) is 5.75 Å². The topological polar surface area (TPSA) is 71.7 Å². The number of rotatable bonds is 7. The van der Waals surface area contributed by atoms with E-state index in [1.54, 1.807) is 19.2 Å². The second kappa shape index (κ2) is 11.3. The molecule has 2 aliphatic rings. The van der Waals surface area contributed by atoms with Gasteiger partial charge < -0.3 is 20.3 Å². The first kappa shape index (κ1) is 26.4. The van der Waals surface area contributed by atoms with Gasteiger partial charge in [-0.15, -0.1) is 0 Å². The summed E-state index contributed by atoms with van der Waals surface area (Å²) in [5, 5.41) is -0.332. The van der Waals surface area contributed by atoms with Gasteiger partial charge in [-0.25, -0.2) is 13.8 Å². The molecule has 0 radical (unpaired) electrons. The van der Waals surface area contributed by atoms with Crippen LogP contribution in [0.25, 0.3) is 11.1 Å². The number of likely N-dealkylation sites (tertiary alicyclic amines) is 2. The van der Waals surface area contributed by atoms with Crippen molar-refractivity contribution in [1.82, 2.24) is 14.8 Å². The number of carbonyl (C=O) groups is 1. The van der Waals surface area contributed by atoms with Gasteiger partial charge in [-0.3, -0.25) is 4.79 Å². The van der Waals surface area contributed by atoms with E-state index in [0.717, 1.165) is 56.7 Å². The molecule has 2 atom stereocenters. The van der Waals surface area contributed by atoms with E-state index < -0.39 is 17.7 Å². The molecule has 0 bridgehead atoms. The first-order valence-electron chi connectivity index (χ1n) is 13.0. The lowest BCUT2D eigenvalue weighted by molar-refractivity contribution is 0.0709. The molecule has 2 N–H and O–H groups in total. The number of nitrogen functional groups attached to an aromatic ring is 1. The SMILES string of the molecule is CC(Oc1cc(-c2ccc(C(=O)N3CCC[C@H]3CN3CCCC3)cc2)cnc1N)c1c(F)ccc(F)c1Cl. The number of anilines is 1. The van der Waals surface area contributed by atoms with Gasteiger partial charge in [-0.05, 0) is 81.6 Å². The molecular formula is C29H31ClF2N4O2. The third-order valence-corrected chi connectivity index (χ3v) is 7.83. The Bertz CT molecular complexity index is 1310. The Morgan fingerprint density at radius 1 is 1.08 bits per heavy atom. The fourth-order valence-corrected chi connectivity index (χ4v) is 5.71. The van der Waals surface area contributed by atoms with Crippen LogP contribution < -0.4 is 10.5 Å². The number of halogens is 3. The monoisotopic (exact) mass is 540 g/mol. The first-order chi connectivity index (χ1) is 18.3. The normalized spacial score (nSPS) is 18.6. The Morgan fingerprint density at radius 2 is 1.79 bits per heavy atom. The summed E-state index contributed by atoms with van der Waals surface area (Å²) in [5.41, 5.74) is 8.09. The summed E-state index contributed by atoms with van der Waals surface area (Å²) in [6, 6.07) is 11.3. The van der Waals surface area contributed by atoms with Crippen molar-refractivity contribution in [3.8, 4) is 16.9 Å².